The van der Waals surface area contributed by atoms with Gasteiger partial charge in [-0.05, 0) is 38.8 Å². The van der Waals surface area contributed by atoms with E-state index in [1.54, 1.807) is 0 Å². The Balaban J connectivity index is 2.40. The van der Waals surface area contributed by atoms with Crippen molar-refractivity contribution in [3.8, 4) is 0 Å². The van der Waals surface area contributed by atoms with E-state index in [1.807, 2.05) is 49.1 Å². The van der Waals surface area contributed by atoms with Crippen LogP contribution in [0.5, 0.6) is 0 Å². The molecule has 120 valence electrons. The van der Waals surface area contributed by atoms with E-state index in [9.17, 15) is 0 Å². The first-order valence-corrected chi connectivity index (χ1v) is 8.48. The van der Waals surface area contributed by atoms with Crippen molar-refractivity contribution in [2.24, 2.45) is 0 Å². The molecule has 0 amide bonds. The highest BCUT2D eigenvalue weighted by Gasteiger charge is 2.25. The number of aromatic nitrogens is 3. The summed E-state index contributed by atoms with van der Waals surface area (Å²) < 4.78 is 5.38. The molecule has 6 heteroatoms. The molecule has 22 heavy (non-hydrogen) atoms. The molecule has 0 aliphatic carbocycles. The molecule has 0 saturated carbocycles. The van der Waals surface area contributed by atoms with Crippen LogP contribution in [0.25, 0.3) is 11.0 Å². The minimum Gasteiger partial charge on any atom is -0.361 e. The van der Waals surface area contributed by atoms with Crippen molar-refractivity contribution in [3.63, 3.8) is 0 Å². The van der Waals surface area contributed by atoms with Crippen LogP contribution >= 0.6 is 23.0 Å². The van der Waals surface area contributed by atoms with E-state index in [0.29, 0.717) is 6.61 Å². The van der Waals surface area contributed by atoms with E-state index < -0.39 is 0 Å². The summed E-state index contributed by atoms with van der Waals surface area (Å²) in [6.45, 7) is 8.90. The van der Waals surface area contributed by atoms with Crippen LogP contribution < -0.4 is 5.32 Å². The molecule has 2 aromatic rings. The molecule has 0 aliphatic heterocycles. The Hall–Kier alpha value is -1.02. The smallest absolute Gasteiger partial charge is 0.156 e. The second-order valence-electron chi connectivity index (χ2n) is 6.04. The quantitative estimate of drug-likeness (QED) is 0.682. The van der Waals surface area contributed by atoms with E-state index in [1.165, 1.54) is 0 Å². The van der Waals surface area contributed by atoms with E-state index in [-0.39, 0.29) is 5.54 Å². The van der Waals surface area contributed by atoms with E-state index in [2.05, 4.69) is 34.1 Å². The Morgan fingerprint density at radius 1 is 1.32 bits per heavy atom. The van der Waals surface area contributed by atoms with Crippen LogP contribution in [0.4, 0.5) is 5.82 Å². The van der Waals surface area contributed by atoms with E-state index in [4.69, 9.17) is 3.07 Å². The predicted molar refractivity (Wildman–Crippen MR) is 98.3 cm³/mol. The van der Waals surface area contributed by atoms with Gasteiger partial charge in [0.1, 0.15) is 34.3 Å². The summed E-state index contributed by atoms with van der Waals surface area (Å²) in [5.74, 6) is 1.53. The van der Waals surface area contributed by atoms with E-state index in [0.717, 1.165) is 47.5 Å². The van der Waals surface area contributed by atoms with Gasteiger partial charge in [-0.25, -0.2) is 9.97 Å². The normalized spacial score (nSPS) is 14.0. The molecule has 0 radical (unpaired) electrons. The van der Waals surface area contributed by atoms with Crippen molar-refractivity contribution in [2.45, 2.75) is 52.5 Å². The molecule has 2 heterocycles. The van der Waals surface area contributed by atoms with Gasteiger partial charge in [0, 0.05) is 6.20 Å². The number of aryl methyl sites for hydroxylation is 2. The molecule has 1 N–H and O–H groups in total. The van der Waals surface area contributed by atoms with Gasteiger partial charge in [-0.2, -0.15) is 0 Å². The van der Waals surface area contributed by atoms with Gasteiger partial charge in [0.2, 0.25) is 0 Å². The third kappa shape index (κ3) is 4.25. The number of nitrogens with zero attached hydrogens (tertiary/aromatic N) is 3. The molecule has 0 unspecified atom stereocenters. The Morgan fingerprint density at radius 3 is 2.77 bits per heavy atom. The van der Waals surface area contributed by atoms with Crippen LogP contribution in [0.2, 0.25) is 0 Å². The van der Waals surface area contributed by atoms with Gasteiger partial charge in [-0.15, -0.1) is 0 Å². The minimum absolute atomic E-state index is 0.169. The average molecular weight is 414 g/mol. The van der Waals surface area contributed by atoms with Gasteiger partial charge in [-0.3, -0.25) is 4.98 Å². The molecule has 0 spiro atoms. The number of hydrogen-bond acceptors (Lipinski definition) is 5. The van der Waals surface area contributed by atoms with Gasteiger partial charge in [0.05, 0.1) is 17.7 Å². The van der Waals surface area contributed by atoms with Gasteiger partial charge in [0.25, 0.3) is 0 Å². The highest BCUT2D eigenvalue weighted by atomic mass is 127. The topological polar surface area (TPSA) is 59.9 Å². The zero-order valence-corrected chi connectivity index (χ0v) is 15.8. The van der Waals surface area contributed by atoms with Crippen LogP contribution in [0.3, 0.4) is 0 Å². The van der Waals surface area contributed by atoms with Gasteiger partial charge < -0.3 is 8.38 Å². The SMILES string of the molecule is CCCC[C@](C)(COI)Nc1nc(C)nc2cc(C)cnc12. The number of pyridine rings is 1. The zero-order chi connectivity index (χ0) is 16.2. The third-order valence-corrected chi connectivity index (χ3v) is 3.97. The Bertz CT molecular complexity index is 644. The molecular weight excluding hydrogens is 391 g/mol. The first kappa shape index (κ1) is 17.3. The van der Waals surface area contributed by atoms with Crippen molar-refractivity contribution in [1.29, 1.82) is 0 Å². The van der Waals surface area contributed by atoms with Crippen molar-refractivity contribution in [3.05, 3.63) is 23.7 Å². The van der Waals surface area contributed by atoms with Gasteiger partial charge >= 0.3 is 0 Å². The fraction of sp³-hybridized carbons (Fsp3) is 0.562. The lowest BCUT2D eigenvalue weighted by atomic mass is 9.96. The maximum absolute atomic E-state index is 5.38. The highest BCUT2D eigenvalue weighted by Crippen LogP contribution is 2.26. The summed E-state index contributed by atoms with van der Waals surface area (Å²) in [4.78, 5) is 13.6. The lowest BCUT2D eigenvalue weighted by Gasteiger charge is -2.30. The standard InChI is InChI=1S/C16H23IN4O/c1-5-6-7-16(4,10-22-17)21-15-14-13(19-12(3)20-15)8-11(2)9-18-14/h8-9H,5-7,10H2,1-4H3,(H,19,20,21)/t16-/m1/s1. The minimum atomic E-state index is -0.169. The monoisotopic (exact) mass is 414 g/mol. The number of fused-ring (bicyclic) bond motifs is 1. The Morgan fingerprint density at radius 2 is 2.09 bits per heavy atom. The largest absolute Gasteiger partial charge is 0.361 e. The number of rotatable bonds is 7. The fourth-order valence-corrected chi connectivity index (χ4v) is 3.15. The number of nitrogens with one attached hydrogen (secondary N) is 1. The fourth-order valence-electron chi connectivity index (χ4n) is 2.47. The Kier molecular flexibility index (Phi) is 5.91. The van der Waals surface area contributed by atoms with Crippen LogP contribution in [-0.4, -0.2) is 27.1 Å². The van der Waals surface area contributed by atoms with Gasteiger partial charge in [0.15, 0.2) is 5.82 Å². The summed E-state index contributed by atoms with van der Waals surface area (Å²) in [6, 6.07) is 2.04. The Labute approximate surface area is 146 Å². The molecule has 1 atom stereocenters. The van der Waals surface area contributed by atoms with Crippen LogP contribution in [0.1, 0.15) is 44.5 Å². The summed E-state index contributed by atoms with van der Waals surface area (Å²) in [5.41, 5.74) is 2.62. The van der Waals surface area contributed by atoms with Gasteiger partial charge in [-0.1, -0.05) is 19.8 Å². The molecule has 0 saturated heterocycles. The number of anilines is 1. The molecule has 0 fully saturated rings. The lowest BCUT2D eigenvalue weighted by Crippen LogP contribution is -2.39. The summed E-state index contributed by atoms with van der Waals surface area (Å²) >= 11 is 1.95. The average Bonchev–Trinajstić information content (AvgIpc) is 2.44. The summed E-state index contributed by atoms with van der Waals surface area (Å²) in [5, 5.41) is 3.55. The third-order valence-electron chi connectivity index (χ3n) is 3.66. The summed E-state index contributed by atoms with van der Waals surface area (Å²) in [6.07, 6.45) is 5.16. The number of unbranched alkanes of at least 4 members (excludes halogenated alkanes) is 1. The second-order valence-corrected chi connectivity index (χ2v) is 6.67. The highest BCUT2D eigenvalue weighted by molar-refractivity contribution is 14.1. The first-order chi connectivity index (χ1) is 10.5. The molecule has 5 nitrogen and oxygen atoms in total. The molecular formula is C16H23IN4O. The molecule has 2 aromatic heterocycles. The second kappa shape index (κ2) is 7.50. The van der Waals surface area contributed by atoms with Crippen molar-refractivity contribution < 1.29 is 3.07 Å². The van der Waals surface area contributed by atoms with E-state index >= 15 is 0 Å². The molecule has 0 aromatic carbocycles. The van der Waals surface area contributed by atoms with Crippen molar-refractivity contribution in [1.82, 2.24) is 15.0 Å². The maximum Gasteiger partial charge on any atom is 0.156 e. The molecule has 2 rings (SSSR count). The van der Waals surface area contributed by atoms with Crippen LogP contribution in [-0.2, 0) is 3.07 Å². The number of hydrogen-bond donors (Lipinski definition) is 1. The summed E-state index contributed by atoms with van der Waals surface area (Å²) in [7, 11) is 0. The zero-order valence-electron chi connectivity index (χ0n) is 13.6. The van der Waals surface area contributed by atoms with Crippen molar-refractivity contribution >= 4 is 39.9 Å². The predicted octanol–water partition coefficient (Wildman–Crippen LogP) is 4.37. The first-order valence-electron chi connectivity index (χ1n) is 7.60. The van der Waals surface area contributed by atoms with Crippen molar-refractivity contribution in [2.75, 3.05) is 11.9 Å². The van der Waals surface area contributed by atoms with Crippen LogP contribution in [0.15, 0.2) is 12.3 Å². The molecule has 0 aliphatic rings. The van der Waals surface area contributed by atoms with Crippen LogP contribution in [0, 0.1) is 13.8 Å². The maximum atomic E-state index is 5.38. The number of halogens is 1. The molecule has 0 bridgehead atoms. The lowest BCUT2D eigenvalue weighted by molar-refractivity contribution is 0.295.